The largest absolute Gasteiger partial charge is 0.373 e. The molecule has 0 radical (unpaired) electrons. The van der Waals surface area contributed by atoms with E-state index in [-0.39, 0.29) is 29.1 Å². The quantitative estimate of drug-likeness (QED) is 0.572. The number of anilines is 1. The minimum Gasteiger partial charge on any atom is -0.373 e. The fourth-order valence-corrected chi connectivity index (χ4v) is 3.91. The van der Waals surface area contributed by atoms with Gasteiger partial charge in [0.15, 0.2) is 0 Å². The fourth-order valence-electron chi connectivity index (χ4n) is 3.91. The van der Waals surface area contributed by atoms with Gasteiger partial charge < -0.3 is 4.74 Å². The highest BCUT2D eigenvalue weighted by molar-refractivity contribution is 5.87. The number of benzene rings is 2. The first kappa shape index (κ1) is 19.7. The molecule has 0 amide bonds. The van der Waals surface area contributed by atoms with Gasteiger partial charge in [0.25, 0.3) is 5.69 Å². The normalized spacial score (nSPS) is 23.3. The maximum Gasteiger partial charge on any atom is 0.301 e. The van der Waals surface area contributed by atoms with Gasteiger partial charge >= 0.3 is 5.69 Å². The number of non-ortho nitro benzene ring substituents is 1. The van der Waals surface area contributed by atoms with Gasteiger partial charge in [-0.3, -0.25) is 25.7 Å². The van der Waals surface area contributed by atoms with E-state index in [1.807, 2.05) is 30.3 Å². The number of fused-ring (bicyclic) bond motifs is 1. The number of hydrogen-bond acceptors (Lipinski definition) is 7. The molecular weight excluding hydrogens is 388 g/mol. The van der Waals surface area contributed by atoms with Crippen LogP contribution in [-0.4, -0.2) is 28.3 Å². The summed E-state index contributed by atoms with van der Waals surface area (Å²) in [5.74, 6) is 0.228. The molecule has 2 atom stereocenters. The van der Waals surface area contributed by atoms with Gasteiger partial charge in [-0.25, -0.2) is 0 Å². The lowest BCUT2D eigenvalue weighted by Crippen LogP contribution is -2.27. The molecule has 2 aromatic rings. The van der Waals surface area contributed by atoms with Crippen molar-refractivity contribution in [1.29, 1.82) is 0 Å². The molecule has 30 heavy (non-hydrogen) atoms. The molecule has 0 spiro atoms. The lowest BCUT2D eigenvalue weighted by molar-refractivity contribution is -0.393. The number of rotatable bonds is 5. The Morgan fingerprint density at radius 3 is 2.63 bits per heavy atom. The van der Waals surface area contributed by atoms with E-state index in [1.54, 1.807) is 0 Å². The molecule has 9 heteroatoms. The molecule has 1 saturated heterocycles. The molecule has 2 aromatic carbocycles. The Hall–Kier alpha value is -3.59. The van der Waals surface area contributed by atoms with Crippen LogP contribution in [0, 0.1) is 26.1 Å². The Kier molecular flexibility index (Phi) is 5.53. The number of nitro groups is 2. The Morgan fingerprint density at radius 2 is 1.90 bits per heavy atom. The third kappa shape index (κ3) is 4.20. The van der Waals surface area contributed by atoms with E-state index in [4.69, 9.17) is 4.74 Å². The summed E-state index contributed by atoms with van der Waals surface area (Å²) in [5.41, 5.74) is 5.40. The third-order valence-electron chi connectivity index (χ3n) is 5.44. The predicted octanol–water partition coefficient (Wildman–Crippen LogP) is 4.55. The van der Waals surface area contributed by atoms with E-state index < -0.39 is 9.85 Å². The van der Waals surface area contributed by atoms with Crippen LogP contribution in [0.25, 0.3) is 6.08 Å². The molecule has 0 bridgehead atoms. The molecule has 0 unspecified atom stereocenters. The molecule has 2 fully saturated rings. The zero-order valence-electron chi connectivity index (χ0n) is 16.1. The van der Waals surface area contributed by atoms with E-state index >= 15 is 0 Å². The number of nitrogens with one attached hydrogen (secondary N) is 1. The second-order valence-corrected chi connectivity index (χ2v) is 7.33. The maximum absolute atomic E-state index is 11.3. The Labute approximate surface area is 172 Å². The molecule has 154 valence electrons. The smallest absolute Gasteiger partial charge is 0.301 e. The fraction of sp³-hybridized carbons (Fsp3) is 0.286. The summed E-state index contributed by atoms with van der Waals surface area (Å²) in [4.78, 5) is 20.8. The van der Waals surface area contributed by atoms with Crippen LogP contribution < -0.4 is 5.43 Å². The van der Waals surface area contributed by atoms with Crippen LogP contribution in [0.2, 0.25) is 0 Å². The first-order valence-electron chi connectivity index (χ1n) is 9.62. The molecule has 0 aromatic heterocycles. The summed E-state index contributed by atoms with van der Waals surface area (Å²) in [5, 5.41) is 26.5. The van der Waals surface area contributed by atoms with Crippen molar-refractivity contribution in [3.63, 3.8) is 0 Å². The zero-order valence-corrected chi connectivity index (χ0v) is 16.1. The standard InChI is InChI=1S/C21H20N4O5/c26-24(27)17-7-8-19(20(12-17)25(28)29)23-22-16-6-9-21-18(11-16)15(13-30-21)10-14-4-2-1-3-5-14/h1-5,7-8,10,12,18,21,23H,6,9,11,13H2/b15-10+,22-16+/t18-,21-/m0/s1. The summed E-state index contributed by atoms with van der Waals surface area (Å²) in [6, 6.07) is 13.5. The summed E-state index contributed by atoms with van der Waals surface area (Å²) < 4.78 is 5.94. The average Bonchev–Trinajstić information content (AvgIpc) is 3.14. The highest BCUT2D eigenvalue weighted by atomic mass is 16.6. The lowest BCUT2D eigenvalue weighted by atomic mass is 9.82. The molecule has 9 nitrogen and oxygen atoms in total. The average molecular weight is 408 g/mol. The highest BCUT2D eigenvalue weighted by Crippen LogP contribution is 2.38. The van der Waals surface area contributed by atoms with E-state index in [0.717, 1.165) is 30.2 Å². The van der Waals surface area contributed by atoms with E-state index in [2.05, 4.69) is 16.6 Å². The topological polar surface area (TPSA) is 120 Å². The number of hydrogen-bond donors (Lipinski definition) is 1. The van der Waals surface area contributed by atoms with Crippen LogP contribution in [0.15, 0.2) is 59.2 Å². The molecule has 1 N–H and O–H groups in total. The molecule has 1 heterocycles. The van der Waals surface area contributed by atoms with Gasteiger partial charge in [-0.05, 0) is 36.5 Å². The van der Waals surface area contributed by atoms with Crippen LogP contribution in [0.3, 0.4) is 0 Å². The molecule has 4 rings (SSSR count). The van der Waals surface area contributed by atoms with Crippen molar-refractivity contribution >= 4 is 28.8 Å². The predicted molar refractivity (Wildman–Crippen MR) is 112 cm³/mol. The summed E-state index contributed by atoms with van der Waals surface area (Å²) in [7, 11) is 0. The van der Waals surface area contributed by atoms with E-state index in [9.17, 15) is 20.2 Å². The maximum atomic E-state index is 11.3. The van der Waals surface area contributed by atoms with Crippen molar-refractivity contribution in [3.8, 4) is 0 Å². The Morgan fingerprint density at radius 1 is 1.10 bits per heavy atom. The minimum atomic E-state index is -0.662. The van der Waals surface area contributed by atoms with Gasteiger partial charge in [0.05, 0.1) is 28.6 Å². The van der Waals surface area contributed by atoms with Crippen molar-refractivity contribution in [1.82, 2.24) is 0 Å². The van der Waals surface area contributed by atoms with Crippen molar-refractivity contribution in [2.75, 3.05) is 12.0 Å². The Balaban J connectivity index is 1.51. The Bertz CT molecular complexity index is 1030. The van der Waals surface area contributed by atoms with Crippen molar-refractivity contribution < 1.29 is 14.6 Å². The third-order valence-corrected chi connectivity index (χ3v) is 5.44. The van der Waals surface area contributed by atoms with Crippen LogP contribution in [0.4, 0.5) is 17.1 Å². The van der Waals surface area contributed by atoms with Gasteiger partial charge in [-0.15, -0.1) is 0 Å². The van der Waals surface area contributed by atoms with Gasteiger partial charge in [-0.1, -0.05) is 36.4 Å². The van der Waals surface area contributed by atoms with E-state index in [0.29, 0.717) is 13.0 Å². The zero-order chi connectivity index (χ0) is 21.1. The summed E-state index contributed by atoms with van der Waals surface area (Å²) in [6.07, 6.45) is 4.58. The number of nitro benzene ring substituents is 2. The second kappa shape index (κ2) is 8.42. The van der Waals surface area contributed by atoms with Crippen LogP contribution in [0.1, 0.15) is 24.8 Å². The number of ether oxygens (including phenoxy) is 1. The highest BCUT2D eigenvalue weighted by Gasteiger charge is 2.36. The van der Waals surface area contributed by atoms with Crippen molar-refractivity contribution in [3.05, 3.63) is 79.9 Å². The lowest BCUT2D eigenvalue weighted by Gasteiger charge is -2.25. The molecule has 1 saturated carbocycles. The van der Waals surface area contributed by atoms with E-state index in [1.165, 1.54) is 17.7 Å². The van der Waals surface area contributed by atoms with Crippen LogP contribution in [0.5, 0.6) is 0 Å². The number of hydrazone groups is 1. The number of nitrogens with zero attached hydrogens (tertiary/aromatic N) is 3. The van der Waals surface area contributed by atoms with Gasteiger partial charge in [-0.2, -0.15) is 5.10 Å². The van der Waals surface area contributed by atoms with Crippen LogP contribution >= 0.6 is 0 Å². The second-order valence-electron chi connectivity index (χ2n) is 7.33. The molecule has 1 aliphatic carbocycles. The first-order chi connectivity index (χ1) is 14.5. The minimum absolute atomic E-state index is 0.128. The molecular formula is C21H20N4O5. The van der Waals surface area contributed by atoms with Crippen molar-refractivity contribution in [2.24, 2.45) is 11.0 Å². The first-order valence-corrected chi connectivity index (χ1v) is 9.62. The summed E-state index contributed by atoms with van der Waals surface area (Å²) in [6.45, 7) is 0.596. The monoisotopic (exact) mass is 408 g/mol. The van der Waals surface area contributed by atoms with Gasteiger partial charge in [0.1, 0.15) is 5.69 Å². The molecule has 2 aliphatic rings. The summed E-state index contributed by atoms with van der Waals surface area (Å²) >= 11 is 0. The SMILES string of the molecule is O=[N+]([O-])c1ccc(N/N=C2\CC[C@@H]3OC/C(=C\c4ccccc4)[C@@H]3C2)c([N+](=O)[O-])c1. The van der Waals surface area contributed by atoms with Gasteiger partial charge in [0, 0.05) is 17.7 Å². The van der Waals surface area contributed by atoms with Crippen molar-refractivity contribution in [2.45, 2.75) is 25.4 Å². The van der Waals surface area contributed by atoms with Gasteiger partial charge in [0.2, 0.25) is 0 Å². The molecule has 1 aliphatic heterocycles. The van der Waals surface area contributed by atoms with Crippen LogP contribution in [-0.2, 0) is 4.74 Å².